The molecule has 0 spiro atoms. The number of fused-ring (bicyclic) bond motifs is 1. The van der Waals surface area contributed by atoms with Crippen LogP contribution in [0.4, 0.5) is 29.1 Å². The lowest BCUT2D eigenvalue weighted by Gasteiger charge is -2.24. The third-order valence-corrected chi connectivity index (χ3v) is 10.8. The van der Waals surface area contributed by atoms with E-state index in [0.29, 0.717) is 35.4 Å². The molecule has 0 saturated carbocycles. The summed E-state index contributed by atoms with van der Waals surface area (Å²) in [5.74, 6) is -1.72. The maximum atomic E-state index is 16.0. The molecule has 1 saturated heterocycles. The monoisotopic (exact) mass is 824 g/mol. The molecule has 1 atom stereocenters. The number of alkyl halides is 3. The largest absolute Gasteiger partial charge is 0.486 e. The van der Waals surface area contributed by atoms with Crippen LogP contribution in [0.5, 0.6) is 5.75 Å². The minimum atomic E-state index is -4.68. The molecule has 3 aromatic carbocycles. The minimum absolute atomic E-state index is 0.0113. The predicted molar refractivity (Wildman–Crippen MR) is 216 cm³/mol. The number of hydrogen-bond donors (Lipinski definition) is 2. The summed E-state index contributed by atoms with van der Waals surface area (Å²) >= 11 is 0. The molecule has 0 aliphatic carbocycles. The molecule has 16 heteroatoms. The van der Waals surface area contributed by atoms with Gasteiger partial charge in [-0.15, -0.1) is 0 Å². The highest BCUT2D eigenvalue weighted by Crippen LogP contribution is 2.39. The van der Waals surface area contributed by atoms with E-state index in [-0.39, 0.29) is 59.2 Å². The topological polar surface area (TPSA) is 128 Å². The molecular formula is C42H48F4N6O5S. The van der Waals surface area contributed by atoms with Crippen LogP contribution in [-0.4, -0.2) is 60.2 Å². The van der Waals surface area contributed by atoms with Gasteiger partial charge in [0.25, 0.3) is 5.91 Å². The number of hydrogen-bond acceptors (Lipinski definition) is 8. The number of carbonyl (C=O) groups is 1. The van der Waals surface area contributed by atoms with Crippen molar-refractivity contribution in [2.24, 2.45) is 0 Å². The average Bonchev–Trinajstić information content (AvgIpc) is 3.54. The van der Waals surface area contributed by atoms with E-state index in [1.807, 2.05) is 33.8 Å². The van der Waals surface area contributed by atoms with Crippen molar-refractivity contribution in [3.8, 4) is 17.0 Å². The second-order valence-electron chi connectivity index (χ2n) is 15.5. The first kappa shape index (κ1) is 42.4. The van der Waals surface area contributed by atoms with Crippen LogP contribution >= 0.6 is 0 Å². The Morgan fingerprint density at radius 2 is 1.78 bits per heavy atom. The Morgan fingerprint density at radius 1 is 1.03 bits per heavy atom. The zero-order valence-electron chi connectivity index (χ0n) is 33.3. The molecular weight excluding hydrogens is 777 g/mol. The first-order valence-electron chi connectivity index (χ1n) is 19.1. The van der Waals surface area contributed by atoms with Crippen LogP contribution in [0.3, 0.4) is 0 Å². The third-order valence-electron chi connectivity index (χ3n) is 9.52. The summed E-state index contributed by atoms with van der Waals surface area (Å²) in [7, 11) is -3.68. The fraction of sp³-hybridized carbons (Fsp3) is 0.405. The molecule has 1 amide bonds. The molecule has 11 nitrogen and oxygen atoms in total. The van der Waals surface area contributed by atoms with Gasteiger partial charge in [-0.05, 0) is 94.8 Å². The van der Waals surface area contributed by atoms with Crippen molar-refractivity contribution < 1.29 is 40.2 Å². The number of halogens is 4. The number of sulfonamides is 1. The normalized spacial score (nSPS) is 15.0. The Labute approximate surface area is 335 Å². The van der Waals surface area contributed by atoms with Crippen LogP contribution in [0, 0.1) is 12.7 Å². The molecule has 2 N–H and O–H groups in total. The van der Waals surface area contributed by atoms with E-state index in [9.17, 15) is 26.4 Å². The first-order chi connectivity index (χ1) is 27.3. The molecule has 5 aromatic rings. The van der Waals surface area contributed by atoms with Gasteiger partial charge in [0, 0.05) is 30.8 Å². The van der Waals surface area contributed by atoms with Gasteiger partial charge in [0.05, 0.1) is 35.0 Å². The van der Waals surface area contributed by atoms with Gasteiger partial charge in [-0.3, -0.25) is 9.10 Å². The van der Waals surface area contributed by atoms with Crippen LogP contribution in [0.1, 0.15) is 85.9 Å². The van der Waals surface area contributed by atoms with Crippen molar-refractivity contribution in [2.45, 2.75) is 91.4 Å². The standard InChI is InChI=1S/C42H48F4N6O5S/c1-7-51(58(6,54)55)33-17-16-26(2)19-29(33)24-47-39-37-34(52(36-15-11-12-18-56-36)50-38(37)40(53)49-41(3,4)5)22-32(48-39)30-21-31(43)35(20-28(30)23-42(44,45)46)57-25-27-13-9-8-10-14-27/h8-10,13-14,16-17,19-22,36H,7,11-12,15,18,23-25H2,1-6H3,(H,47,48)(H,49,53). The smallest absolute Gasteiger partial charge is 0.393 e. The molecule has 1 fully saturated rings. The number of ether oxygens (including phenoxy) is 2. The van der Waals surface area contributed by atoms with Crippen molar-refractivity contribution in [3.63, 3.8) is 0 Å². The van der Waals surface area contributed by atoms with Gasteiger partial charge in [-0.25, -0.2) is 22.5 Å². The number of anilines is 2. The fourth-order valence-corrected chi connectivity index (χ4v) is 8.03. The molecule has 2 aromatic heterocycles. The number of carbonyl (C=O) groups excluding carboxylic acids is 1. The molecule has 0 radical (unpaired) electrons. The highest BCUT2D eigenvalue weighted by atomic mass is 32.2. The fourth-order valence-electron chi connectivity index (χ4n) is 7.02. The maximum absolute atomic E-state index is 16.0. The quantitative estimate of drug-likeness (QED) is 0.113. The molecule has 1 aliphatic rings. The van der Waals surface area contributed by atoms with Gasteiger partial charge in [-0.2, -0.15) is 18.3 Å². The number of nitrogens with one attached hydrogen (secondary N) is 2. The average molecular weight is 825 g/mol. The lowest BCUT2D eigenvalue weighted by molar-refractivity contribution is -0.127. The molecule has 6 rings (SSSR count). The van der Waals surface area contributed by atoms with Gasteiger partial charge in [-0.1, -0.05) is 48.0 Å². The van der Waals surface area contributed by atoms with Gasteiger partial charge in [0.15, 0.2) is 23.5 Å². The van der Waals surface area contributed by atoms with Gasteiger partial charge in [0.2, 0.25) is 10.0 Å². The molecule has 58 heavy (non-hydrogen) atoms. The zero-order valence-corrected chi connectivity index (χ0v) is 34.2. The summed E-state index contributed by atoms with van der Waals surface area (Å²) in [5, 5.41) is 11.2. The van der Waals surface area contributed by atoms with Crippen LogP contribution in [0.15, 0.2) is 66.7 Å². The van der Waals surface area contributed by atoms with E-state index in [2.05, 4.69) is 10.6 Å². The number of aryl methyl sites for hydroxylation is 1. The van der Waals surface area contributed by atoms with Crippen molar-refractivity contribution in [1.82, 2.24) is 20.1 Å². The number of aromatic nitrogens is 3. The number of benzene rings is 3. The Morgan fingerprint density at radius 3 is 2.41 bits per heavy atom. The van der Waals surface area contributed by atoms with E-state index in [1.165, 1.54) is 10.4 Å². The molecule has 3 heterocycles. The van der Waals surface area contributed by atoms with Gasteiger partial charge < -0.3 is 20.1 Å². The second-order valence-corrected chi connectivity index (χ2v) is 17.4. The molecule has 0 bridgehead atoms. The highest BCUT2D eigenvalue weighted by molar-refractivity contribution is 7.92. The second kappa shape index (κ2) is 16.9. The third kappa shape index (κ3) is 10.1. The molecule has 1 aliphatic heterocycles. The summed E-state index contributed by atoms with van der Waals surface area (Å²) < 4.78 is 99.0. The number of nitrogens with zero attached hydrogens (tertiary/aromatic N) is 4. The minimum Gasteiger partial charge on any atom is -0.486 e. The first-order valence-corrected chi connectivity index (χ1v) is 20.9. The summed E-state index contributed by atoms with van der Waals surface area (Å²) in [6.07, 6.45) is -3.45. The number of pyridine rings is 1. The van der Waals surface area contributed by atoms with Crippen LogP contribution in [0.25, 0.3) is 22.2 Å². The van der Waals surface area contributed by atoms with Crippen LogP contribution < -0.4 is 19.7 Å². The van der Waals surface area contributed by atoms with E-state index in [1.54, 1.807) is 54.1 Å². The Hall–Kier alpha value is -5.22. The zero-order chi connectivity index (χ0) is 42.0. The van der Waals surface area contributed by atoms with E-state index < -0.39 is 46.1 Å². The number of rotatable bonds is 13. The lowest BCUT2D eigenvalue weighted by atomic mass is 9.99. The van der Waals surface area contributed by atoms with Crippen LogP contribution in [0.2, 0.25) is 0 Å². The summed E-state index contributed by atoms with van der Waals surface area (Å²) in [4.78, 5) is 18.8. The summed E-state index contributed by atoms with van der Waals surface area (Å²) in [5.41, 5.74) is 1.70. The lowest BCUT2D eigenvalue weighted by Crippen LogP contribution is -2.41. The maximum Gasteiger partial charge on any atom is 0.393 e. The highest BCUT2D eigenvalue weighted by Gasteiger charge is 2.33. The van der Waals surface area contributed by atoms with Gasteiger partial charge >= 0.3 is 6.18 Å². The predicted octanol–water partition coefficient (Wildman–Crippen LogP) is 8.86. The van der Waals surface area contributed by atoms with E-state index in [0.717, 1.165) is 36.8 Å². The van der Waals surface area contributed by atoms with E-state index >= 15 is 4.39 Å². The number of amides is 1. The molecule has 310 valence electrons. The van der Waals surface area contributed by atoms with E-state index in [4.69, 9.17) is 19.6 Å². The summed E-state index contributed by atoms with van der Waals surface area (Å²) in [6, 6.07) is 17.7. The van der Waals surface area contributed by atoms with Gasteiger partial charge in [0.1, 0.15) is 12.4 Å². The Kier molecular flexibility index (Phi) is 12.4. The van der Waals surface area contributed by atoms with Crippen molar-refractivity contribution in [1.29, 1.82) is 0 Å². The summed E-state index contributed by atoms with van der Waals surface area (Å²) in [6.45, 7) is 9.49. The Balaban J connectivity index is 1.57. The Bertz CT molecular complexity index is 2390. The van der Waals surface area contributed by atoms with Crippen molar-refractivity contribution in [2.75, 3.05) is 29.0 Å². The molecule has 1 unspecified atom stereocenters. The van der Waals surface area contributed by atoms with Crippen LogP contribution in [-0.2, 0) is 34.3 Å². The van der Waals surface area contributed by atoms with Crippen molar-refractivity contribution in [3.05, 3.63) is 100 Å². The van der Waals surface area contributed by atoms with Crippen molar-refractivity contribution >= 4 is 38.3 Å². The SMILES string of the molecule is CCN(c1ccc(C)cc1CNc1nc(-c2cc(F)c(OCc3ccccc3)cc2CC(F)(F)F)cc2c1c(C(=O)NC(C)(C)C)nn2C1CCCCO1)S(C)(=O)=O.